The van der Waals surface area contributed by atoms with Gasteiger partial charge < -0.3 is 5.32 Å². The number of carbonyl (C=O) groups excluding carboxylic acids is 1. The van der Waals surface area contributed by atoms with E-state index in [0.717, 1.165) is 18.7 Å². The van der Waals surface area contributed by atoms with E-state index in [-0.39, 0.29) is 5.78 Å². The molecule has 0 saturated carbocycles. The van der Waals surface area contributed by atoms with Crippen LogP contribution in [0.5, 0.6) is 0 Å². The minimum Gasteiger partial charge on any atom is -0.387 e. The molecule has 11 heavy (non-hydrogen) atoms. The molecule has 0 spiro atoms. The lowest BCUT2D eigenvalue weighted by molar-refractivity contribution is -0.113. The zero-order valence-electron chi connectivity index (χ0n) is 7.20. The SMILES string of the molecule is CCCN/C(C)=C(\Cl)C(C)=O. The Morgan fingerprint density at radius 3 is 2.36 bits per heavy atom. The van der Waals surface area contributed by atoms with E-state index in [2.05, 4.69) is 12.2 Å². The quantitative estimate of drug-likeness (QED) is 0.663. The average molecular weight is 176 g/mol. The summed E-state index contributed by atoms with van der Waals surface area (Å²) in [4.78, 5) is 10.7. The Morgan fingerprint density at radius 1 is 1.45 bits per heavy atom. The summed E-state index contributed by atoms with van der Waals surface area (Å²) in [6, 6.07) is 0. The molecule has 0 aliphatic rings. The summed E-state index contributed by atoms with van der Waals surface area (Å²) in [6.45, 7) is 6.18. The first-order chi connectivity index (χ1) is 5.09. The van der Waals surface area contributed by atoms with Crippen molar-refractivity contribution in [3.05, 3.63) is 10.7 Å². The summed E-state index contributed by atoms with van der Waals surface area (Å²) >= 11 is 5.67. The van der Waals surface area contributed by atoms with E-state index in [0.29, 0.717) is 5.03 Å². The van der Waals surface area contributed by atoms with Crippen LogP contribution in [0, 0.1) is 0 Å². The number of Topliss-reactive ketones (excluding diaryl/α,β-unsaturated/α-hetero) is 1. The van der Waals surface area contributed by atoms with E-state index in [9.17, 15) is 4.79 Å². The van der Waals surface area contributed by atoms with Crippen LogP contribution in [0.25, 0.3) is 0 Å². The Balaban J connectivity index is 4.05. The molecular formula is C8H14ClNO. The van der Waals surface area contributed by atoms with Crippen LogP contribution in [0.3, 0.4) is 0 Å². The molecule has 3 heteroatoms. The Bertz CT molecular complexity index is 175. The van der Waals surface area contributed by atoms with E-state index >= 15 is 0 Å². The Hall–Kier alpha value is -0.500. The molecule has 0 heterocycles. The smallest absolute Gasteiger partial charge is 0.172 e. The standard InChI is InChI=1S/C8H14ClNO/c1-4-5-10-6(2)8(9)7(3)11/h10H,4-5H2,1-3H3/b8-6-. The molecule has 0 aromatic rings. The molecule has 0 bridgehead atoms. The number of allylic oxidation sites excluding steroid dienone is 2. The van der Waals surface area contributed by atoms with Crippen LogP contribution in [0.4, 0.5) is 0 Å². The first-order valence-corrected chi connectivity index (χ1v) is 4.08. The molecule has 0 saturated heterocycles. The highest BCUT2D eigenvalue weighted by molar-refractivity contribution is 6.42. The summed E-state index contributed by atoms with van der Waals surface area (Å²) in [5, 5.41) is 3.34. The van der Waals surface area contributed by atoms with Crippen molar-refractivity contribution in [2.45, 2.75) is 27.2 Å². The zero-order chi connectivity index (χ0) is 8.85. The Labute approximate surface area is 72.6 Å². The number of hydrogen-bond acceptors (Lipinski definition) is 2. The molecule has 0 fully saturated rings. The molecule has 1 N–H and O–H groups in total. The van der Waals surface area contributed by atoms with Gasteiger partial charge in [0.15, 0.2) is 5.78 Å². The van der Waals surface area contributed by atoms with Crippen LogP contribution in [0.1, 0.15) is 27.2 Å². The molecule has 0 atom stereocenters. The van der Waals surface area contributed by atoms with E-state index in [1.807, 2.05) is 0 Å². The van der Waals surface area contributed by atoms with Gasteiger partial charge in [-0.1, -0.05) is 18.5 Å². The van der Waals surface area contributed by atoms with Gasteiger partial charge in [-0.25, -0.2) is 0 Å². The third-order valence-electron chi connectivity index (χ3n) is 1.28. The number of rotatable bonds is 4. The summed E-state index contributed by atoms with van der Waals surface area (Å²) in [5.41, 5.74) is 0.765. The van der Waals surface area contributed by atoms with Crippen molar-refractivity contribution >= 4 is 17.4 Å². The second-order valence-corrected chi connectivity index (χ2v) is 2.80. The third-order valence-corrected chi connectivity index (χ3v) is 1.83. The van der Waals surface area contributed by atoms with Gasteiger partial charge in [-0.2, -0.15) is 0 Å². The van der Waals surface area contributed by atoms with E-state index < -0.39 is 0 Å². The first kappa shape index (κ1) is 10.5. The Kier molecular flexibility index (Phi) is 4.95. The predicted octanol–water partition coefficient (Wildman–Crippen LogP) is 2.05. The molecule has 0 radical (unpaired) electrons. The maximum Gasteiger partial charge on any atom is 0.172 e. The molecule has 0 aromatic carbocycles. The van der Waals surface area contributed by atoms with E-state index in [1.54, 1.807) is 6.92 Å². The van der Waals surface area contributed by atoms with Crippen LogP contribution < -0.4 is 5.32 Å². The average Bonchev–Trinajstić information content (AvgIpc) is 1.98. The summed E-state index contributed by atoms with van der Waals surface area (Å²) < 4.78 is 0. The predicted molar refractivity (Wildman–Crippen MR) is 47.5 cm³/mol. The fraction of sp³-hybridized carbons (Fsp3) is 0.625. The molecule has 0 aliphatic carbocycles. The normalized spacial score (nSPS) is 12.4. The lowest BCUT2D eigenvalue weighted by Crippen LogP contribution is -2.14. The minimum atomic E-state index is -0.0900. The zero-order valence-corrected chi connectivity index (χ0v) is 7.96. The van der Waals surface area contributed by atoms with Gasteiger partial charge in [0.05, 0.1) is 0 Å². The molecule has 0 amide bonds. The van der Waals surface area contributed by atoms with Gasteiger partial charge in [0.2, 0.25) is 0 Å². The minimum absolute atomic E-state index is 0.0900. The molecular weight excluding hydrogens is 162 g/mol. The monoisotopic (exact) mass is 175 g/mol. The van der Waals surface area contributed by atoms with Gasteiger partial charge in [-0.3, -0.25) is 4.79 Å². The van der Waals surface area contributed by atoms with Crippen molar-refractivity contribution in [1.82, 2.24) is 5.32 Å². The highest BCUT2D eigenvalue weighted by Gasteiger charge is 2.02. The Morgan fingerprint density at radius 2 is 2.00 bits per heavy atom. The van der Waals surface area contributed by atoms with Crippen LogP contribution >= 0.6 is 11.6 Å². The molecule has 0 aromatic heterocycles. The van der Waals surface area contributed by atoms with E-state index in [4.69, 9.17) is 11.6 Å². The van der Waals surface area contributed by atoms with Crippen molar-refractivity contribution in [3.63, 3.8) is 0 Å². The summed E-state index contributed by atoms with van der Waals surface area (Å²) in [6.07, 6.45) is 1.03. The molecule has 0 rings (SSSR count). The highest BCUT2D eigenvalue weighted by Crippen LogP contribution is 2.07. The summed E-state index contributed by atoms with van der Waals surface area (Å²) in [5.74, 6) is -0.0900. The van der Waals surface area contributed by atoms with Crippen molar-refractivity contribution in [2.75, 3.05) is 6.54 Å². The van der Waals surface area contributed by atoms with E-state index in [1.165, 1.54) is 6.92 Å². The topological polar surface area (TPSA) is 29.1 Å². The number of ketones is 1. The number of hydrogen-bond donors (Lipinski definition) is 1. The second kappa shape index (κ2) is 5.19. The van der Waals surface area contributed by atoms with Gasteiger partial charge >= 0.3 is 0 Å². The van der Waals surface area contributed by atoms with Gasteiger partial charge in [0, 0.05) is 19.2 Å². The lowest BCUT2D eigenvalue weighted by atomic mass is 10.3. The molecule has 64 valence electrons. The van der Waals surface area contributed by atoms with Crippen LogP contribution in [-0.2, 0) is 4.79 Å². The van der Waals surface area contributed by atoms with Crippen LogP contribution in [0.2, 0.25) is 0 Å². The van der Waals surface area contributed by atoms with Crippen LogP contribution in [-0.4, -0.2) is 12.3 Å². The summed E-state index contributed by atoms with van der Waals surface area (Å²) in [7, 11) is 0. The van der Waals surface area contributed by atoms with Gasteiger partial charge in [0.25, 0.3) is 0 Å². The first-order valence-electron chi connectivity index (χ1n) is 3.70. The number of halogens is 1. The van der Waals surface area contributed by atoms with Crippen molar-refractivity contribution in [2.24, 2.45) is 0 Å². The second-order valence-electron chi connectivity index (χ2n) is 2.42. The maximum absolute atomic E-state index is 10.7. The third kappa shape index (κ3) is 4.04. The largest absolute Gasteiger partial charge is 0.387 e. The lowest BCUT2D eigenvalue weighted by Gasteiger charge is -2.05. The van der Waals surface area contributed by atoms with Crippen LogP contribution in [0.15, 0.2) is 10.7 Å². The van der Waals surface area contributed by atoms with Gasteiger partial charge in [-0.15, -0.1) is 0 Å². The van der Waals surface area contributed by atoms with Crippen molar-refractivity contribution in [3.8, 4) is 0 Å². The fourth-order valence-electron chi connectivity index (χ4n) is 0.654. The molecule has 2 nitrogen and oxygen atoms in total. The van der Waals surface area contributed by atoms with Crippen molar-refractivity contribution < 1.29 is 4.79 Å². The molecule has 0 unspecified atom stereocenters. The number of nitrogens with one attached hydrogen (secondary N) is 1. The number of carbonyl (C=O) groups is 1. The highest BCUT2D eigenvalue weighted by atomic mass is 35.5. The molecule has 0 aliphatic heterocycles. The maximum atomic E-state index is 10.7. The van der Waals surface area contributed by atoms with Crippen molar-refractivity contribution in [1.29, 1.82) is 0 Å². The fourth-order valence-corrected chi connectivity index (χ4v) is 0.721. The van der Waals surface area contributed by atoms with Gasteiger partial charge in [0.1, 0.15) is 5.03 Å². The van der Waals surface area contributed by atoms with Gasteiger partial charge in [-0.05, 0) is 13.3 Å².